The van der Waals surface area contributed by atoms with Crippen LogP contribution in [0, 0.1) is 18.8 Å². The van der Waals surface area contributed by atoms with E-state index in [4.69, 9.17) is 0 Å². The first-order chi connectivity index (χ1) is 21.3. The number of hydrogen-bond acceptors (Lipinski definition) is 4. The summed E-state index contributed by atoms with van der Waals surface area (Å²) in [6.07, 6.45) is 6.81. The fourth-order valence-corrected chi connectivity index (χ4v) is 5.65. The third kappa shape index (κ3) is 10.5. The lowest BCUT2D eigenvalue weighted by atomic mass is 9.94. The minimum absolute atomic E-state index is 0.0422. The van der Waals surface area contributed by atoms with E-state index < -0.39 is 11.4 Å². The van der Waals surface area contributed by atoms with Gasteiger partial charge in [-0.05, 0) is 84.9 Å². The summed E-state index contributed by atoms with van der Waals surface area (Å²) in [5.74, 6) is 0.331. The molecule has 0 spiro atoms. The smallest absolute Gasteiger partial charge is 0.419 e. The van der Waals surface area contributed by atoms with E-state index in [9.17, 15) is 27.2 Å². The van der Waals surface area contributed by atoms with Crippen LogP contribution in [0.1, 0.15) is 66.3 Å². The van der Waals surface area contributed by atoms with Gasteiger partial charge in [0, 0.05) is 49.0 Å². The average molecular weight is 647 g/mol. The highest BCUT2D eigenvalue weighted by Gasteiger charge is 2.31. The lowest BCUT2D eigenvalue weighted by molar-refractivity contribution is -0.131. The van der Waals surface area contributed by atoms with Crippen LogP contribution in [-0.2, 0) is 0 Å². The summed E-state index contributed by atoms with van der Waals surface area (Å²) >= 11 is 0.549. The van der Waals surface area contributed by atoms with Gasteiger partial charge in [0.15, 0.2) is 0 Å². The fourth-order valence-electron chi connectivity index (χ4n) is 4.95. The van der Waals surface area contributed by atoms with Gasteiger partial charge in [-0.25, -0.2) is 0 Å². The summed E-state index contributed by atoms with van der Waals surface area (Å²) in [6.45, 7) is 11.9. The molecule has 1 fully saturated rings. The third-order valence-electron chi connectivity index (χ3n) is 7.68. The van der Waals surface area contributed by atoms with Crippen LogP contribution >= 0.6 is 11.8 Å². The van der Waals surface area contributed by atoms with Crippen LogP contribution in [0.3, 0.4) is 0 Å². The molecule has 1 saturated heterocycles. The summed E-state index contributed by atoms with van der Waals surface area (Å²) in [6, 6.07) is 9.36. The number of amides is 2. The number of likely N-dealkylation sites (tertiary alicyclic amines) is 1. The van der Waals surface area contributed by atoms with E-state index in [1.54, 1.807) is 11.0 Å². The molecule has 3 rings (SSSR count). The number of ether oxygens (including phenoxy) is 1. The van der Waals surface area contributed by atoms with Crippen molar-refractivity contribution in [2.24, 2.45) is 11.8 Å². The van der Waals surface area contributed by atoms with E-state index in [0.717, 1.165) is 28.8 Å². The normalized spacial score (nSPS) is 15.7. The van der Waals surface area contributed by atoms with Crippen LogP contribution in [0.5, 0.6) is 5.75 Å². The number of benzene rings is 2. The molecular formula is C35H42F4N2O3S. The van der Waals surface area contributed by atoms with E-state index >= 15 is 0 Å². The highest BCUT2D eigenvalue weighted by atomic mass is 32.2. The number of nitrogens with one attached hydrogen (secondary N) is 1. The van der Waals surface area contributed by atoms with Gasteiger partial charge in [-0.1, -0.05) is 62.6 Å². The van der Waals surface area contributed by atoms with Crippen molar-refractivity contribution in [1.29, 1.82) is 0 Å². The minimum atomic E-state index is -3.47. The van der Waals surface area contributed by atoms with Crippen molar-refractivity contribution in [1.82, 2.24) is 10.2 Å². The molecule has 244 valence electrons. The molecule has 1 unspecified atom stereocenters. The van der Waals surface area contributed by atoms with Crippen molar-refractivity contribution in [2.75, 3.05) is 25.4 Å². The summed E-state index contributed by atoms with van der Waals surface area (Å²) < 4.78 is 58.0. The number of allylic oxidation sites excluding steroid dienone is 2. The summed E-state index contributed by atoms with van der Waals surface area (Å²) in [4.78, 5) is 27.2. The van der Waals surface area contributed by atoms with Gasteiger partial charge in [0.2, 0.25) is 0 Å². The predicted octanol–water partition coefficient (Wildman–Crippen LogP) is 6.94. The van der Waals surface area contributed by atoms with Crippen LogP contribution in [0.2, 0.25) is 0 Å². The van der Waals surface area contributed by atoms with E-state index in [1.807, 2.05) is 26.0 Å². The second kappa shape index (κ2) is 16.2. The largest absolute Gasteiger partial charge is 0.429 e. The molecule has 1 N–H and O–H groups in total. The zero-order valence-corrected chi connectivity index (χ0v) is 27.1. The molecular weight excluding hydrogens is 604 g/mol. The Hall–Kier alpha value is -3.53. The SMILES string of the molecule is C=CC(F)(F)Oc1ccc(C(=O)N2CC(CC=CC(C)CC=c3ccc(C(=O)NCCSC(F)(F)CC)c(C)c3=CC)C2)cc1. The molecule has 2 amide bonds. The van der Waals surface area contributed by atoms with Crippen molar-refractivity contribution in [3.63, 3.8) is 0 Å². The number of rotatable bonds is 15. The lowest BCUT2D eigenvalue weighted by Crippen LogP contribution is -2.49. The maximum Gasteiger partial charge on any atom is 0.419 e. The Morgan fingerprint density at radius 1 is 1.16 bits per heavy atom. The molecule has 10 heteroatoms. The Bertz CT molecular complexity index is 1490. The van der Waals surface area contributed by atoms with Crippen molar-refractivity contribution in [3.05, 3.63) is 88.3 Å². The van der Waals surface area contributed by atoms with Crippen molar-refractivity contribution < 1.29 is 31.9 Å². The Balaban J connectivity index is 1.47. The van der Waals surface area contributed by atoms with Gasteiger partial charge in [0.05, 0.1) is 0 Å². The number of carbonyl (C=O) groups is 2. The molecule has 0 radical (unpaired) electrons. The first-order valence-electron chi connectivity index (χ1n) is 15.1. The Kier molecular flexibility index (Phi) is 12.9. The summed E-state index contributed by atoms with van der Waals surface area (Å²) in [5.41, 5.74) is 1.80. The number of halogens is 4. The second-order valence-electron chi connectivity index (χ2n) is 11.2. The Labute approximate surface area is 267 Å². The average Bonchev–Trinajstić information content (AvgIpc) is 2.99. The number of carbonyl (C=O) groups excluding carboxylic acids is 2. The van der Waals surface area contributed by atoms with Gasteiger partial charge in [-0.3, -0.25) is 9.59 Å². The van der Waals surface area contributed by atoms with Gasteiger partial charge >= 0.3 is 6.11 Å². The molecule has 45 heavy (non-hydrogen) atoms. The maximum absolute atomic E-state index is 13.4. The third-order valence-corrected chi connectivity index (χ3v) is 8.79. The molecule has 2 aromatic carbocycles. The lowest BCUT2D eigenvalue weighted by Gasteiger charge is -2.39. The first-order valence-corrected chi connectivity index (χ1v) is 16.1. The molecule has 2 aromatic rings. The van der Waals surface area contributed by atoms with Gasteiger partial charge in [0.25, 0.3) is 17.1 Å². The van der Waals surface area contributed by atoms with E-state index in [1.165, 1.54) is 31.2 Å². The Morgan fingerprint density at radius 3 is 2.47 bits per heavy atom. The number of alkyl halides is 4. The molecule has 1 aliphatic rings. The van der Waals surface area contributed by atoms with Crippen LogP contribution in [-0.4, -0.2) is 53.5 Å². The zero-order chi connectivity index (χ0) is 33.2. The number of thioether (sulfide) groups is 1. The van der Waals surface area contributed by atoms with Gasteiger partial charge < -0.3 is 15.0 Å². The van der Waals surface area contributed by atoms with Gasteiger partial charge in [0.1, 0.15) is 5.75 Å². The molecule has 0 bridgehead atoms. The standard InChI is InChI=1S/C35H42F4N2O3S/c1-6-30-25(5)31(32(42)40-20-21-45-35(38,39)8-3)19-16-27(30)13-12-24(4)10-9-11-26-22-41(23-26)33(43)28-14-17-29(18-15-28)44-34(36,37)7-2/h6-7,9-10,13-19,24,26H,2,8,11-12,20-23H2,1,3-5H3,(H,40,42). The van der Waals surface area contributed by atoms with Crippen molar-refractivity contribution in [2.45, 2.75) is 58.3 Å². The van der Waals surface area contributed by atoms with Crippen molar-refractivity contribution in [3.8, 4) is 5.75 Å². The molecule has 1 aliphatic heterocycles. The number of hydrogen-bond donors (Lipinski definition) is 1. The highest BCUT2D eigenvalue weighted by Crippen LogP contribution is 2.31. The molecule has 5 nitrogen and oxygen atoms in total. The highest BCUT2D eigenvalue weighted by molar-refractivity contribution is 8.00. The second-order valence-corrected chi connectivity index (χ2v) is 12.5. The van der Waals surface area contributed by atoms with Gasteiger partial charge in [-0.15, -0.1) is 0 Å². The van der Waals surface area contributed by atoms with Crippen LogP contribution in [0.15, 0.2) is 61.2 Å². The molecule has 1 atom stereocenters. The van der Waals surface area contributed by atoms with Gasteiger partial charge in [-0.2, -0.15) is 17.6 Å². The zero-order valence-electron chi connectivity index (χ0n) is 26.3. The predicted molar refractivity (Wildman–Crippen MR) is 174 cm³/mol. The maximum atomic E-state index is 13.4. The first kappa shape index (κ1) is 35.9. The Morgan fingerprint density at radius 2 is 1.84 bits per heavy atom. The van der Waals surface area contributed by atoms with Crippen LogP contribution in [0.25, 0.3) is 12.2 Å². The van der Waals surface area contributed by atoms with E-state index in [0.29, 0.717) is 48.0 Å². The minimum Gasteiger partial charge on any atom is -0.429 e. The van der Waals surface area contributed by atoms with Crippen LogP contribution in [0.4, 0.5) is 17.6 Å². The quantitative estimate of drug-likeness (QED) is 0.129. The van der Waals surface area contributed by atoms with E-state index in [-0.39, 0.29) is 42.2 Å². The van der Waals surface area contributed by atoms with Crippen LogP contribution < -0.4 is 20.5 Å². The van der Waals surface area contributed by atoms with Crippen molar-refractivity contribution >= 4 is 35.7 Å². The summed E-state index contributed by atoms with van der Waals surface area (Å²) in [7, 11) is 0. The summed E-state index contributed by atoms with van der Waals surface area (Å²) in [5, 5.41) is 1.98. The number of nitrogens with zero attached hydrogens (tertiary/aromatic N) is 1. The molecule has 0 aromatic heterocycles. The topological polar surface area (TPSA) is 58.6 Å². The van der Waals surface area contributed by atoms with E-state index in [2.05, 4.69) is 41.8 Å². The molecule has 1 heterocycles. The molecule has 0 saturated carbocycles. The fraction of sp³-hybridized carbons (Fsp3) is 0.429. The molecule has 0 aliphatic carbocycles. The monoisotopic (exact) mass is 646 g/mol.